The molecule has 0 bridgehead atoms. The summed E-state index contributed by atoms with van der Waals surface area (Å²) >= 11 is 5.53. The van der Waals surface area contributed by atoms with E-state index >= 15 is 0 Å². The highest BCUT2D eigenvalue weighted by Crippen LogP contribution is 2.09. The van der Waals surface area contributed by atoms with Crippen molar-refractivity contribution in [1.29, 1.82) is 0 Å². The van der Waals surface area contributed by atoms with Crippen molar-refractivity contribution in [2.75, 3.05) is 5.88 Å². The van der Waals surface area contributed by atoms with Gasteiger partial charge in [0.25, 0.3) is 0 Å². The summed E-state index contributed by atoms with van der Waals surface area (Å²) in [5.41, 5.74) is 0. The minimum absolute atomic E-state index is 0.137. The Balaban J connectivity index is 3.07. The summed E-state index contributed by atoms with van der Waals surface area (Å²) in [6, 6.07) is 0. The molecule has 0 aromatic carbocycles. The van der Waals surface area contributed by atoms with Gasteiger partial charge in [-0.2, -0.15) is 0 Å². The van der Waals surface area contributed by atoms with Gasteiger partial charge >= 0.3 is 0 Å². The van der Waals surface area contributed by atoms with Crippen molar-refractivity contribution in [2.45, 2.75) is 51.0 Å². The predicted molar refractivity (Wildman–Crippen MR) is 59.2 cm³/mol. The second kappa shape index (κ2) is 10.1. The molecule has 0 aliphatic rings. The predicted octanol–water partition coefficient (Wildman–Crippen LogP) is 3.50. The number of allylic oxidation sites excluding steroid dienone is 1. The fraction of sp³-hybridized carbons (Fsp3) is 0.818. The normalized spacial score (nSPS) is 12.8. The number of hydrogen-bond donors (Lipinski definition) is 1. The lowest BCUT2D eigenvalue weighted by Crippen LogP contribution is -2.06. The molecule has 78 valence electrons. The summed E-state index contributed by atoms with van der Waals surface area (Å²) in [5.74, 6) is 0.660. The molecule has 0 spiro atoms. The van der Waals surface area contributed by atoms with Gasteiger partial charge in [0.15, 0.2) is 0 Å². The van der Waals surface area contributed by atoms with Crippen molar-refractivity contribution >= 4 is 11.6 Å². The van der Waals surface area contributed by atoms with Crippen LogP contribution < -0.4 is 0 Å². The van der Waals surface area contributed by atoms with E-state index in [1.807, 2.05) is 6.08 Å². The smallest absolute Gasteiger partial charge is 0.0540 e. The number of alkyl halides is 1. The Bertz CT molecular complexity index is 115. The third-order valence-electron chi connectivity index (χ3n) is 2.12. The summed E-state index contributed by atoms with van der Waals surface area (Å²) < 4.78 is 0. The Labute approximate surface area is 86.8 Å². The highest BCUT2D eigenvalue weighted by atomic mass is 35.5. The van der Waals surface area contributed by atoms with E-state index in [1.165, 1.54) is 12.8 Å². The van der Waals surface area contributed by atoms with Crippen LogP contribution in [0.4, 0.5) is 0 Å². The van der Waals surface area contributed by atoms with Crippen LogP contribution in [0.1, 0.15) is 44.9 Å². The fourth-order valence-electron chi connectivity index (χ4n) is 1.30. The maximum atomic E-state index is 9.46. The second-order valence-corrected chi connectivity index (χ2v) is 3.79. The van der Waals surface area contributed by atoms with Crippen LogP contribution in [0, 0.1) is 0 Å². The molecule has 0 aliphatic carbocycles. The lowest BCUT2D eigenvalue weighted by molar-refractivity contribution is 0.150. The molecular weight excluding hydrogens is 184 g/mol. The highest BCUT2D eigenvalue weighted by molar-refractivity contribution is 6.17. The van der Waals surface area contributed by atoms with Crippen LogP contribution in [0.5, 0.6) is 0 Å². The summed E-state index contributed by atoms with van der Waals surface area (Å²) in [4.78, 5) is 0. The Morgan fingerprint density at radius 2 is 1.85 bits per heavy atom. The maximum Gasteiger partial charge on any atom is 0.0540 e. The molecule has 1 nitrogen and oxygen atoms in total. The zero-order valence-corrected chi connectivity index (χ0v) is 9.10. The van der Waals surface area contributed by atoms with Gasteiger partial charge in [-0.25, -0.2) is 0 Å². The van der Waals surface area contributed by atoms with Crippen LogP contribution in [0.3, 0.4) is 0 Å². The summed E-state index contributed by atoms with van der Waals surface area (Å²) in [7, 11) is 0. The molecular formula is C11H21ClO. The number of rotatable bonds is 9. The Morgan fingerprint density at radius 1 is 1.15 bits per heavy atom. The molecule has 0 heterocycles. The molecule has 0 radical (unpaired) electrons. The van der Waals surface area contributed by atoms with Crippen LogP contribution in [0.2, 0.25) is 0 Å². The van der Waals surface area contributed by atoms with Crippen LogP contribution >= 0.6 is 11.6 Å². The van der Waals surface area contributed by atoms with E-state index in [0.29, 0.717) is 5.88 Å². The van der Waals surface area contributed by atoms with Crippen molar-refractivity contribution in [3.63, 3.8) is 0 Å². The fourth-order valence-corrected chi connectivity index (χ4v) is 1.46. The van der Waals surface area contributed by atoms with Crippen LogP contribution in [0.15, 0.2) is 12.7 Å². The number of aliphatic hydroxyl groups is 1. The van der Waals surface area contributed by atoms with E-state index in [0.717, 1.165) is 32.1 Å². The quantitative estimate of drug-likeness (QED) is 0.346. The number of halogens is 1. The summed E-state index contributed by atoms with van der Waals surface area (Å²) in [6.45, 7) is 3.67. The van der Waals surface area contributed by atoms with Crippen LogP contribution in [0.25, 0.3) is 0 Å². The van der Waals surface area contributed by atoms with E-state index in [2.05, 4.69) is 6.58 Å². The molecule has 1 atom stereocenters. The first-order chi connectivity index (χ1) is 6.31. The van der Waals surface area contributed by atoms with Gasteiger partial charge in [0.2, 0.25) is 0 Å². The molecule has 0 aromatic heterocycles. The maximum absolute atomic E-state index is 9.46. The molecule has 2 heteroatoms. The minimum Gasteiger partial charge on any atom is -0.393 e. The van der Waals surface area contributed by atoms with Crippen molar-refractivity contribution in [3.8, 4) is 0 Å². The minimum atomic E-state index is -0.137. The molecule has 13 heavy (non-hydrogen) atoms. The van der Waals surface area contributed by atoms with Crippen molar-refractivity contribution in [2.24, 2.45) is 0 Å². The molecule has 0 amide bonds. The van der Waals surface area contributed by atoms with Gasteiger partial charge < -0.3 is 5.11 Å². The van der Waals surface area contributed by atoms with Gasteiger partial charge in [-0.05, 0) is 32.1 Å². The van der Waals surface area contributed by atoms with Crippen LogP contribution in [-0.4, -0.2) is 17.1 Å². The first-order valence-corrected chi connectivity index (χ1v) is 5.69. The van der Waals surface area contributed by atoms with Gasteiger partial charge in [0.05, 0.1) is 6.10 Å². The first kappa shape index (κ1) is 13.0. The topological polar surface area (TPSA) is 20.2 Å². The third kappa shape index (κ3) is 9.91. The van der Waals surface area contributed by atoms with Crippen LogP contribution in [-0.2, 0) is 0 Å². The SMILES string of the molecule is C=CCCCCCC(O)CCCCl. The molecule has 0 fully saturated rings. The lowest BCUT2D eigenvalue weighted by Gasteiger charge is -2.08. The van der Waals surface area contributed by atoms with Gasteiger partial charge in [0.1, 0.15) is 0 Å². The largest absolute Gasteiger partial charge is 0.393 e. The van der Waals surface area contributed by atoms with E-state index in [9.17, 15) is 5.11 Å². The zero-order chi connectivity index (χ0) is 9.94. The van der Waals surface area contributed by atoms with E-state index in [-0.39, 0.29) is 6.10 Å². The van der Waals surface area contributed by atoms with E-state index in [4.69, 9.17) is 11.6 Å². The van der Waals surface area contributed by atoms with Gasteiger partial charge in [-0.1, -0.05) is 18.9 Å². The van der Waals surface area contributed by atoms with Crippen molar-refractivity contribution in [3.05, 3.63) is 12.7 Å². The monoisotopic (exact) mass is 204 g/mol. The van der Waals surface area contributed by atoms with Gasteiger partial charge in [-0.15, -0.1) is 18.2 Å². The first-order valence-electron chi connectivity index (χ1n) is 5.16. The summed E-state index contributed by atoms with van der Waals surface area (Å²) in [5, 5.41) is 9.46. The number of aliphatic hydroxyl groups excluding tert-OH is 1. The lowest BCUT2D eigenvalue weighted by atomic mass is 10.1. The molecule has 0 saturated heterocycles. The molecule has 0 aliphatic heterocycles. The second-order valence-electron chi connectivity index (χ2n) is 3.41. The molecule has 0 saturated carbocycles. The third-order valence-corrected chi connectivity index (χ3v) is 2.38. The van der Waals surface area contributed by atoms with E-state index in [1.54, 1.807) is 0 Å². The molecule has 0 aromatic rings. The zero-order valence-electron chi connectivity index (χ0n) is 8.34. The average molecular weight is 205 g/mol. The molecule has 1 N–H and O–H groups in total. The summed E-state index contributed by atoms with van der Waals surface area (Å²) in [6.07, 6.45) is 9.13. The Morgan fingerprint density at radius 3 is 2.46 bits per heavy atom. The Hall–Kier alpha value is -0.0100. The molecule has 0 rings (SSSR count). The Kier molecular flexibility index (Phi) is 10.1. The van der Waals surface area contributed by atoms with Crippen molar-refractivity contribution in [1.82, 2.24) is 0 Å². The number of unbranched alkanes of at least 4 members (excludes halogenated alkanes) is 3. The average Bonchev–Trinajstić information content (AvgIpc) is 2.14. The van der Waals surface area contributed by atoms with Gasteiger partial charge in [0, 0.05) is 5.88 Å². The van der Waals surface area contributed by atoms with Crippen molar-refractivity contribution < 1.29 is 5.11 Å². The highest BCUT2D eigenvalue weighted by Gasteiger charge is 2.02. The number of hydrogen-bond acceptors (Lipinski definition) is 1. The van der Waals surface area contributed by atoms with Gasteiger partial charge in [-0.3, -0.25) is 0 Å². The van der Waals surface area contributed by atoms with E-state index < -0.39 is 0 Å². The molecule has 1 unspecified atom stereocenters. The standard InChI is InChI=1S/C11H21ClO/c1-2-3-4-5-6-8-11(13)9-7-10-12/h2,11,13H,1,3-10H2.